The van der Waals surface area contributed by atoms with Crippen LogP contribution in [0.2, 0.25) is 0 Å². The molecule has 2 aromatic heterocycles. The number of hydrogen-bond acceptors (Lipinski definition) is 10. The number of nitro groups is 1. The number of hydrogen-bond donors (Lipinski definition) is 3. The third kappa shape index (κ3) is 8.42. The van der Waals surface area contributed by atoms with Crippen molar-refractivity contribution in [2.24, 2.45) is 16.2 Å². The van der Waals surface area contributed by atoms with Gasteiger partial charge in [0.1, 0.15) is 28.5 Å². The predicted molar refractivity (Wildman–Crippen MR) is 229 cm³/mol. The number of amides is 1. The molecule has 4 heterocycles. The number of benzene rings is 2. The number of allylic oxidation sites excluding steroid dienone is 1. The van der Waals surface area contributed by atoms with E-state index in [1.165, 1.54) is 23.3 Å². The maximum Gasteiger partial charge on any atom is 0.293 e. The molecule has 0 radical (unpaired) electrons. The van der Waals surface area contributed by atoms with Crippen LogP contribution in [0.1, 0.15) is 75.6 Å². The number of nitro benzene ring substituents is 1. The van der Waals surface area contributed by atoms with E-state index >= 15 is 4.39 Å². The summed E-state index contributed by atoms with van der Waals surface area (Å²) in [5, 5.41) is 15.8. The second-order valence-corrected chi connectivity index (χ2v) is 19.5. The Morgan fingerprint density at radius 1 is 1.05 bits per heavy atom. The van der Waals surface area contributed by atoms with Crippen LogP contribution < -0.4 is 19.7 Å². The van der Waals surface area contributed by atoms with Gasteiger partial charge in [0, 0.05) is 105 Å². The van der Waals surface area contributed by atoms with E-state index in [1.807, 2.05) is 24.3 Å². The molecule has 5 fully saturated rings. The fourth-order valence-corrected chi connectivity index (χ4v) is 10.8. The van der Waals surface area contributed by atoms with Crippen LogP contribution in [0, 0.1) is 26.4 Å². The minimum absolute atomic E-state index is 0.0126. The van der Waals surface area contributed by atoms with E-state index in [0.29, 0.717) is 54.5 Å². The maximum atomic E-state index is 15.2. The molecule has 0 spiro atoms. The van der Waals surface area contributed by atoms with Crippen molar-refractivity contribution in [3.63, 3.8) is 0 Å². The standard InChI is InChI=1S/C45H52F3N7O5S/c1-42(2)9-7-30(35(22-42)43-25-44(26-43,27-43)41(46)47)24-53-13-15-54(16-14-53)31-3-5-34(38(20-31)60-32-19-29-8-12-49-39(29)50-23-32)40(56)52-61-33-4-6-36(37(21-33)55(57)58)51-28-45(48)10-17-59-18-11-45/h3-6,8,12,19-21,23,41,51H,7,9-11,13-18,22,24-28H2,1-2H3,(H,49,50)(H,52,56). The highest BCUT2D eigenvalue weighted by Crippen LogP contribution is 2.79. The van der Waals surface area contributed by atoms with Gasteiger partial charge in [0.15, 0.2) is 0 Å². The highest BCUT2D eigenvalue weighted by Gasteiger charge is 2.73. The Balaban J connectivity index is 0.887. The first kappa shape index (κ1) is 41.5. The lowest BCUT2D eigenvalue weighted by molar-refractivity contribution is -0.384. The number of rotatable bonds is 14. The van der Waals surface area contributed by atoms with Gasteiger partial charge in [0.2, 0.25) is 6.43 Å². The largest absolute Gasteiger partial charge is 0.455 e. The van der Waals surface area contributed by atoms with Crippen molar-refractivity contribution in [2.75, 3.05) is 62.7 Å². The van der Waals surface area contributed by atoms with Crippen molar-refractivity contribution in [3.05, 3.63) is 87.7 Å². The fraction of sp³-hybridized carbons (Fsp3) is 0.511. The van der Waals surface area contributed by atoms with Crippen LogP contribution in [-0.2, 0) is 4.74 Å². The molecule has 2 aliphatic heterocycles. The summed E-state index contributed by atoms with van der Waals surface area (Å²) in [6.07, 6.45) is 6.63. The molecule has 16 heteroatoms. The van der Waals surface area contributed by atoms with E-state index in [9.17, 15) is 23.7 Å². The molecule has 10 rings (SSSR count). The molecule has 2 saturated heterocycles. The highest BCUT2D eigenvalue weighted by molar-refractivity contribution is 7.98. The number of aromatic amines is 1. The number of nitrogens with zero attached hydrogens (tertiary/aromatic N) is 4. The fourth-order valence-electron chi connectivity index (χ4n) is 10.2. The van der Waals surface area contributed by atoms with Gasteiger partial charge in [-0.2, -0.15) is 0 Å². The highest BCUT2D eigenvalue weighted by atomic mass is 32.2. The zero-order chi connectivity index (χ0) is 42.6. The van der Waals surface area contributed by atoms with Gasteiger partial charge in [-0.1, -0.05) is 25.0 Å². The van der Waals surface area contributed by atoms with Gasteiger partial charge >= 0.3 is 0 Å². The number of alkyl halides is 3. The summed E-state index contributed by atoms with van der Waals surface area (Å²) in [7, 11) is 0. The van der Waals surface area contributed by atoms with E-state index in [4.69, 9.17) is 9.47 Å². The normalized spacial score (nSPS) is 24.6. The second-order valence-electron chi connectivity index (χ2n) is 18.6. The Labute approximate surface area is 357 Å². The number of fused-ring (bicyclic) bond motifs is 1. The van der Waals surface area contributed by atoms with Crippen molar-refractivity contribution in [3.8, 4) is 11.5 Å². The van der Waals surface area contributed by atoms with E-state index < -0.39 is 28.3 Å². The Bertz CT molecular complexity index is 2340. The predicted octanol–water partition coefficient (Wildman–Crippen LogP) is 9.70. The third-order valence-corrected chi connectivity index (χ3v) is 14.5. The van der Waals surface area contributed by atoms with Gasteiger partial charge in [-0.15, -0.1) is 0 Å². The van der Waals surface area contributed by atoms with Crippen LogP contribution in [0.3, 0.4) is 0 Å². The van der Waals surface area contributed by atoms with Gasteiger partial charge in [-0.3, -0.25) is 24.5 Å². The lowest BCUT2D eigenvalue weighted by atomic mass is 9.32. The van der Waals surface area contributed by atoms with E-state index in [-0.39, 0.29) is 47.2 Å². The number of halogens is 3. The van der Waals surface area contributed by atoms with Gasteiger partial charge < -0.3 is 24.7 Å². The number of anilines is 2. The Hall–Kier alpha value is -4.80. The van der Waals surface area contributed by atoms with Crippen LogP contribution in [-0.4, -0.2) is 90.3 Å². The Morgan fingerprint density at radius 3 is 2.56 bits per heavy atom. The van der Waals surface area contributed by atoms with Crippen LogP contribution in [0.25, 0.3) is 11.0 Å². The van der Waals surface area contributed by atoms with Crippen LogP contribution >= 0.6 is 11.9 Å². The molecule has 6 aliphatic rings. The number of H-pyrrole nitrogens is 1. The SMILES string of the molecule is CC1(C)CCC(CN2CCN(c3ccc(C(=O)NSc4ccc(NCC5(F)CCOCC5)c([N+](=O)[O-])c4)c(Oc4cnc5[nH]ccc5c4)c3)CC2)=C(C23CC(C(F)F)(C2)C3)C1. The summed E-state index contributed by atoms with van der Waals surface area (Å²) in [6, 6.07) is 13.7. The van der Waals surface area contributed by atoms with Crippen molar-refractivity contribution in [2.45, 2.75) is 82.2 Å². The molecule has 2 bridgehead atoms. The smallest absolute Gasteiger partial charge is 0.293 e. The quantitative estimate of drug-likeness (QED) is 0.0487. The average molecular weight is 860 g/mol. The molecule has 4 aromatic rings. The maximum absolute atomic E-state index is 15.2. The van der Waals surface area contributed by atoms with Crippen molar-refractivity contribution in [1.82, 2.24) is 19.6 Å². The molecule has 12 nitrogen and oxygen atoms in total. The number of pyridine rings is 1. The molecular weight excluding hydrogens is 808 g/mol. The lowest BCUT2D eigenvalue weighted by Crippen LogP contribution is -2.66. The molecule has 3 N–H and O–H groups in total. The van der Waals surface area contributed by atoms with Crippen molar-refractivity contribution < 1.29 is 32.4 Å². The van der Waals surface area contributed by atoms with Gasteiger partial charge in [-0.25, -0.2) is 18.2 Å². The molecule has 0 atom stereocenters. The zero-order valence-corrected chi connectivity index (χ0v) is 35.4. The summed E-state index contributed by atoms with van der Waals surface area (Å²) in [5.74, 6) is 0.320. The number of carbonyl (C=O) groups excluding carboxylic acids is 1. The number of aromatic nitrogens is 2. The van der Waals surface area contributed by atoms with Gasteiger partial charge in [0.05, 0.1) is 16.7 Å². The van der Waals surface area contributed by atoms with Crippen LogP contribution in [0.4, 0.5) is 30.2 Å². The molecule has 2 aromatic carbocycles. The second kappa shape index (κ2) is 16.2. The first-order valence-electron chi connectivity index (χ1n) is 21.2. The summed E-state index contributed by atoms with van der Waals surface area (Å²) >= 11 is 0.936. The van der Waals surface area contributed by atoms with Crippen molar-refractivity contribution in [1.29, 1.82) is 0 Å². The van der Waals surface area contributed by atoms with E-state index in [0.717, 1.165) is 75.0 Å². The molecule has 3 saturated carbocycles. The summed E-state index contributed by atoms with van der Waals surface area (Å²) < 4.78 is 57.3. The van der Waals surface area contributed by atoms with Gasteiger partial charge in [0.25, 0.3) is 11.6 Å². The monoisotopic (exact) mass is 859 g/mol. The van der Waals surface area contributed by atoms with Crippen LogP contribution in [0.15, 0.2) is 77.0 Å². The van der Waals surface area contributed by atoms with Gasteiger partial charge in [-0.05, 0) is 97.7 Å². The first-order valence-corrected chi connectivity index (χ1v) is 22.0. The molecule has 61 heavy (non-hydrogen) atoms. The lowest BCUT2D eigenvalue weighted by Gasteiger charge is -2.72. The summed E-state index contributed by atoms with van der Waals surface area (Å²) in [5.41, 5.74) is 2.69. The van der Waals surface area contributed by atoms with E-state index in [2.05, 4.69) is 43.7 Å². The number of carbonyl (C=O) groups is 1. The number of ether oxygens (including phenoxy) is 2. The Morgan fingerprint density at radius 2 is 1.82 bits per heavy atom. The molecular formula is C45H52F3N7O5S. The average Bonchev–Trinajstić information content (AvgIpc) is 3.68. The molecule has 1 amide bonds. The summed E-state index contributed by atoms with van der Waals surface area (Å²) in [4.78, 5) is 38.1. The van der Waals surface area contributed by atoms with Crippen molar-refractivity contribution >= 4 is 46.0 Å². The number of nitrogens with one attached hydrogen (secondary N) is 3. The minimum atomic E-state index is -2.23. The first-order chi connectivity index (χ1) is 29.2. The summed E-state index contributed by atoms with van der Waals surface area (Å²) in [6.45, 7) is 9.21. The minimum Gasteiger partial charge on any atom is -0.455 e. The topological polar surface area (TPSA) is 138 Å². The number of piperazine rings is 1. The van der Waals surface area contributed by atoms with E-state index in [1.54, 1.807) is 24.5 Å². The zero-order valence-electron chi connectivity index (χ0n) is 34.5. The van der Waals surface area contributed by atoms with Crippen LogP contribution in [0.5, 0.6) is 11.5 Å². The molecule has 324 valence electrons. The Kier molecular flexibility index (Phi) is 11.0. The molecule has 4 aliphatic carbocycles. The third-order valence-electron chi connectivity index (χ3n) is 13.7. The molecule has 0 unspecified atom stereocenters.